The van der Waals surface area contributed by atoms with Gasteiger partial charge in [-0.05, 0) is 54.3 Å². The molecule has 2 N–H and O–H groups in total. The second-order valence-electron chi connectivity index (χ2n) is 6.62. The molecule has 0 aliphatic carbocycles. The monoisotopic (exact) mass is 372 g/mol. The lowest BCUT2D eigenvalue weighted by atomic mass is 9.89. The van der Waals surface area contributed by atoms with E-state index in [1.807, 2.05) is 27.8 Å². The highest BCUT2D eigenvalue weighted by Gasteiger charge is 2.23. The molecule has 1 aliphatic rings. The van der Waals surface area contributed by atoms with E-state index in [1.54, 1.807) is 18.2 Å². The predicted octanol–water partition coefficient (Wildman–Crippen LogP) is 3.37. The van der Waals surface area contributed by atoms with Crippen molar-refractivity contribution in [2.75, 3.05) is 19.6 Å². The molecule has 138 valence electrons. The number of thiophene rings is 1. The Morgan fingerprint density at radius 3 is 2.54 bits per heavy atom. The Balaban J connectivity index is 1.36. The standard InChI is InChI=1S/C20H24N2O3S/c23-18-5-3-15(4-6-18)16-7-11-22(12-8-16)19(24)2-1-10-21-20(25)17-9-13-26-14-17/h3-6,9,13-14,16,23H,1-2,7-8,10-12H2,(H,21,25). The first-order valence-electron chi connectivity index (χ1n) is 9.00. The van der Waals surface area contributed by atoms with Crippen LogP contribution in [0.1, 0.15) is 47.5 Å². The van der Waals surface area contributed by atoms with E-state index in [1.165, 1.54) is 16.9 Å². The van der Waals surface area contributed by atoms with E-state index in [0.717, 1.165) is 25.9 Å². The van der Waals surface area contributed by atoms with E-state index in [-0.39, 0.29) is 17.6 Å². The first kappa shape index (κ1) is 18.5. The number of carbonyl (C=O) groups is 2. The molecule has 5 nitrogen and oxygen atoms in total. The summed E-state index contributed by atoms with van der Waals surface area (Å²) in [5, 5.41) is 15.9. The number of benzene rings is 1. The van der Waals surface area contributed by atoms with Crippen molar-refractivity contribution in [2.45, 2.75) is 31.6 Å². The number of hydrogen-bond acceptors (Lipinski definition) is 4. The average Bonchev–Trinajstić information content (AvgIpc) is 3.20. The lowest BCUT2D eigenvalue weighted by Crippen LogP contribution is -2.38. The molecule has 6 heteroatoms. The van der Waals surface area contributed by atoms with Crippen molar-refractivity contribution in [3.8, 4) is 5.75 Å². The maximum absolute atomic E-state index is 12.3. The SMILES string of the molecule is O=C(NCCCC(=O)N1CCC(c2ccc(O)cc2)CC1)c1ccsc1. The molecule has 1 aromatic heterocycles. The Morgan fingerprint density at radius 1 is 1.15 bits per heavy atom. The number of phenols is 1. The van der Waals surface area contributed by atoms with Crippen LogP contribution in [0.2, 0.25) is 0 Å². The summed E-state index contributed by atoms with van der Waals surface area (Å²) in [5.41, 5.74) is 1.91. The van der Waals surface area contributed by atoms with Gasteiger partial charge in [-0.1, -0.05) is 12.1 Å². The number of hydrogen-bond donors (Lipinski definition) is 2. The molecule has 2 aromatic rings. The van der Waals surface area contributed by atoms with Crippen molar-refractivity contribution in [1.82, 2.24) is 10.2 Å². The number of likely N-dealkylation sites (tertiary alicyclic amines) is 1. The van der Waals surface area contributed by atoms with Gasteiger partial charge in [-0.15, -0.1) is 0 Å². The quantitative estimate of drug-likeness (QED) is 0.764. The van der Waals surface area contributed by atoms with Crippen LogP contribution in [0.3, 0.4) is 0 Å². The van der Waals surface area contributed by atoms with Gasteiger partial charge < -0.3 is 15.3 Å². The molecule has 2 heterocycles. The minimum absolute atomic E-state index is 0.0755. The summed E-state index contributed by atoms with van der Waals surface area (Å²) < 4.78 is 0. The third-order valence-electron chi connectivity index (χ3n) is 4.85. The lowest BCUT2D eigenvalue weighted by Gasteiger charge is -2.32. The van der Waals surface area contributed by atoms with E-state index in [2.05, 4.69) is 5.32 Å². The normalized spacial score (nSPS) is 15.0. The first-order chi connectivity index (χ1) is 12.6. The fraction of sp³-hybridized carbons (Fsp3) is 0.400. The van der Waals surface area contributed by atoms with Crippen molar-refractivity contribution >= 4 is 23.2 Å². The van der Waals surface area contributed by atoms with Gasteiger partial charge in [0.2, 0.25) is 5.91 Å². The summed E-state index contributed by atoms with van der Waals surface area (Å²) in [7, 11) is 0. The number of carbonyl (C=O) groups excluding carboxylic acids is 2. The summed E-state index contributed by atoms with van der Waals surface area (Å²) in [6, 6.07) is 9.17. The van der Waals surface area contributed by atoms with Crippen LogP contribution < -0.4 is 5.32 Å². The van der Waals surface area contributed by atoms with Gasteiger partial charge in [0.1, 0.15) is 5.75 Å². The van der Waals surface area contributed by atoms with E-state index >= 15 is 0 Å². The summed E-state index contributed by atoms with van der Waals surface area (Å²) >= 11 is 1.50. The van der Waals surface area contributed by atoms with Gasteiger partial charge in [-0.2, -0.15) is 11.3 Å². The molecule has 0 spiro atoms. The zero-order chi connectivity index (χ0) is 18.4. The smallest absolute Gasteiger partial charge is 0.252 e. The fourth-order valence-electron chi connectivity index (χ4n) is 3.30. The van der Waals surface area contributed by atoms with Crippen molar-refractivity contribution in [2.24, 2.45) is 0 Å². The second kappa shape index (κ2) is 8.85. The molecule has 1 aromatic carbocycles. The minimum atomic E-state index is -0.0755. The van der Waals surface area contributed by atoms with Crippen LogP contribution in [0.15, 0.2) is 41.1 Å². The van der Waals surface area contributed by atoms with Crippen molar-refractivity contribution in [1.29, 1.82) is 0 Å². The molecular formula is C20H24N2O3S. The minimum Gasteiger partial charge on any atom is -0.508 e. The highest BCUT2D eigenvalue weighted by Crippen LogP contribution is 2.29. The number of rotatable bonds is 6. The van der Waals surface area contributed by atoms with E-state index in [0.29, 0.717) is 30.9 Å². The number of aromatic hydroxyl groups is 1. The number of phenolic OH excluding ortho intramolecular Hbond substituents is 1. The van der Waals surface area contributed by atoms with Gasteiger partial charge in [0.25, 0.3) is 5.91 Å². The molecule has 0 saturated carbocycles. The largest absolute Gasteiger partial charge is 0.508 e. The topological polar surface area (TPSA) is 69.6 Å². The molecule has 0 bridgehead atoms. The number of nitrogens with zero attached hydrogens (tertiary/aromatic N) is 1. The van der Waals surface area contributed by atoms with Crippen molar-refractivity contribution in [3.05, 3.63) is 52.2 Å². The summed E-state index contributed by atoms with van der Waals surface area (Å²) in [6.07, 6.45) is 3.03. The van der Waals surface area contributed by atoms with Crippen LogP contribution in [-0.4, -0.2) is 41.5 Å². The van der Waals surface area contributed by atoms with Crippen LogP contribution in [-0.2, 0) is 4.79 Å². The van der Waals surface area contributed by atoms with E-state index < -0.39 is 0 Å². The maximum atomic E-state index is 12.3. The zero-order valence-corrected chi connectivity index (χ0v) is 15.5. The summed E-state index contributed by atoms with van der Waals surface area (Å²) in [6.45, 7) is 2.06. The Bertz CT molecular complexity index is 720. The third-order valence-corrected chi connectivity index (χ3v) is 5.53. The van der Waals surface area contributed by atoms with Gasteiger partial charge in [-0.3, -0.25) is 9.59 Å². The Labute approximate surface area is 157 Å². The van der Waals surface area contributed by atoms with Crippen molar-refractivity contribution in [3.63, 3.8) is 0 Å². The molecular weight excluding hydrogens is 348 g/mol. The second-order valence-corrected chi connectivity index (χ2v) is 7.40. The molecule has 1 fully saturated rings. The Kier molecular flexibility index (Phi) is 6.28. The molecule has 3 rings (SSSR count). The van der Waals surface area contributed by atoms with E-state index in [9.17, 15) is 14.7 Å². The van der Waals surface area contributed by atoms with Crippen LogP contribution >= 0.6 is 11.3 Å². The summed E-state index contributed by atoms with van der Waals surface area (Å²) in [5.74, 6) is 0.823. The highest BCUT2D eigenvalue weighted by atomic mass is 32.1. The number of amides is 2. The molecule has 1 aliphatic heterocycles. The number of piperidine rings is 1. The fourth-order valence-corrected chi connectivity index (χ4v) is 3.94. The molecule has 0 atom stereocenters. The van der Waals surface area contributed by atoms with Gasteiger partial charge in [0, 0.05) is 37.0 Å². The Morgan fingerprint density at radius 2 is 1.88 bits per heavy atom. The zero-order valence-electron chi connectivity index (χ0n) is 14.7. The van der Waals surface area contributed by atoms with E-state index in [4.69, 9.17) is 0 Å². The van der Waals surface area contributed by atoms with Crippen LogP contribution in [0.5, 0.6) is 5.75 Å². The molecule has 0 unspecified atom stereocenters. The predicted molar refractivity (Wildman–Crippen MR) is 103 cm³/mol. The Hall–Kier alpha value is -2.34. The van der Waals surface area contributed by atoms with Crippen molar-refractivity contribution < 1.29 is 14.7 Å². The van der Waals surface area contributed by atoms with Gasteiger partial charge in [0.15, 0.2) is 0 Å². The summed E-state index contributed by atoms with van der Waals surface area (Å²) in [4.78, 5) is 26.1. The maximum Gasteiger partial charge on any atom is 0.252 e. The van der Waals surface area contributed by atoms with Gasteiger partial charge in [-0.25, -0.2) is 0 Å². The third kappa shape index (κ3) is 4.85. The highest BCUT2D eigenvalue weighted by molar-refractivity contribution is 7.08. The number of nitrogens with one attached hydrogen (secondary N) is 1. The molecule has 2 amide bonds. The van der Waals surface area contributed by atoms with Gasteiger partial charge in [0.05, 0.1) is 0 Å². The molecule has 1 saturated heterocycles. The lowest BCUT2D eigenvalue weighted by molar-refractivity contribution is -0.132. The average molecular weight is 372 g/mol. The van der Waals surface area contributed by atoms with Crippen LogP contribution in [0.4, 0.5) is 0 Å². The van der Waals surface area contributed by atoms with Gasteiger partial charge >= 0.3 is 0 Å². The molecule has 26 heavy (non-hydrogen) atoms. The molecule has 0 radical (unpaired) electrons. The van der Waals surface area contributed by atoms with Crippen LogP contribution in [0, 0.1) is 0 Å². The first-order valence-corrected chi connectivity index (χ1v) is 9.95. The van der Waals surface area contributed by atoms with Crippen LogP contribution in [0.25, 0.3) is 0 Å².